The highest BCUT2D eigenvalue weighted by Gasteiger charge is 2.03. The van der Waals surface area contributed by atoms with Crippen LogP contribution in [0.1, 0.15) is 11.1 Å². The van der Waals surface area contributed by atoms with E-state index in [4.69, 9.17) is 5.26 Å². The van der Waals surface area contributed by atoms with Gasteiger partial charge < -0.3 is 4.74 Å². The van der Waals surface area contributed by atoms with E-state index in [0.29, 0.717) is 5.56 Å². The van der Waals surface area contributed by atoms with E-state index in [0.717, 1.165) is 16.7 Å². The number of benzene rings is 2. The molecular formula is C16H13NO2. The molecule has 0 fully saturated rings. The van der Waals surface area contributed by atoms with E-state index in [-0.39, 0.29) is 12.4 Å². The van der Waals surface area contributed by atoms with Gasteiger partial charge in [0.25, 0.3) is 0 Å². The molecule has 19 heavy (non-hydrogen) atoms. The number of hydrogen-bond acceptors (Lipinski definition) is 3. The molecule has 0 bridgehead atoms. The maximum absolute atomic E-state index is 11.2. The second-order valence-corrected chi connectivity index (χ2v) is 4.14. The lowest BCUT2D eigenvalue weighted by Gasteiger charge is -2.04. The van der Waals surface area contributed by atoms with Gasteiger partial charge in [0, 0.05) is 0 Å². The molecule has 3 nitrogen and oxygen atoms in total. The Kier molecular flexibility index (Phi) is 3.94. The van der Waals surface area contributed by atoms with Crippen LogP contribution in [0, 0.1) is 11.3 Å². The Morgan fingerprint density at radius 1 is 1.16 bits per heavy atom. The maximum atomic E-state index is 11.2. The first kappa shape index (κ1) is 12.8. The summed E-state index contributed by atoms with van der Waals surface area (Å²) in [5.74, 6) is -0.251. The zero-order valence-electron chi connectivity index (χ0n) is 10.6. The number of carbonyl (C=O) groups is 1. The van der Waals surface area contributed by atoms with Crippen molar-refractivity contribution in [2.45, 2.75) is 6.42 Å². The molecule has 0 saturated heterocycles. The third-order valence-electron chi connectivity index (χ3n) is 2.86. The van der Waals surface area contributed by atoms with Crippen LogP contribution in [0.2, 0.25) is 0 Å². The molecule has 0 aliphatic rings. The highest BCUT2D eigenvalue weighted by Crippen LogP contribution is 2.21. The summed E-state index contributed by atoms with van der Waals surface area (Å²) in [6, 6.07) is 17.2. The molecule has 0 amide bonds. The highest BCUT2D eigenvalue weighted by molar-refractivity contribution is 5.73. The van der Waals surface area contributed by atoms with Gasteiger partial charge in [0.15, 0.2) is 0 Å². The number of nitrogens with zero attached hydrogens (tertiary/aromatic N) is 1. The minimum Gasteiger partial charge on any atom is -0.469 e. The van der Waals surface area contributed by atoms with Crippen molar-refractivity contribution in [3.8, 4) is 17.2 Å². The van der Waals surface area contributed by atoms with E-state index in [2.05, 4.69) is 10.8 Å². The number of carbonyl (C=O) groups excluding carboxylic acids is 1. The molecular weight excluding hydrogens is 238 g/mol. The minimum atomic E-state index is -0.251. The summed E-state index contributed by atoms with van der Waals surface area (Å²) < 4.78 is 4.62. The number of methoxy groups -OCH3 is 1. The predicted molar refractivity (Wildman–Crippen MR) is 72.3 cm³/mol. The summed E-state index contributed by atoms with van der Waals surface area (Å²) in [5, 5.41) is 8.88. The molecule has 0 aliphatic heterocycles. The molecule has 0 spiro atoms. The molecule has 0 heterocycles. The van der Waals surface area contributed by atoms with Crippen LogP contribution in [0.3, 0.4) is 0 Å². The van der Waals surface area contributed by atoms with Crippen molar-refractivity contribution in [1.82, 2.24) is 0 Å². The first-order chi connectivity index (χ1) is 9.22. The van der Waals surface area contributed by atoms with Gasteiger partial charge in [-0.3, -0.25) is 4.79 Å². The van der Waals surface area contributed by atoms with Gasteiger partial charge in [-0.05, 0) is 28.8 Å². The van der Waals surface area contributed by atoms with Crippen LogP contribution in [0.5, 0.6) is 0 Å². The lowest BCUT2D eigenvalue weighted by molar-refractivity contribution is -0.139. The molecule has 0 atom stereocenters. The summed E-state index contributed by atoms with van der Waals surface area (Å²) in [5.41, 5.74) is 3.55. The largest absolute Gasteiger partial charge is 0.469 e. The fourth-order valence-corrected chi connectivity index (χ4v) is 1.82. The Bertz CT molecular complexity index is 624. The maximum Gasteiger partial charge on any atom is 0.309 e. The molecule has 0 saturated carbocycles. The summed E-state index contributed by atoms with van der Waals surface area (Å²) in [7, 11) is 1.38. The normalized spacial score (nSPS) is 9.68. The van der Waals surface area contributed by atoms with Gasteiger partial charge in [0.2, 0.25) is 0 Å². The second-order valence-electron chi connectivity index (χ2n) is 4.14. The van der Waals surface area contributed by atoms with E-state index in [1.54, 1.807) is 6.07 Å². The number of hydrogen-bond donors (Lipinski definition) is 0. The van der Waals surface area contributed by atoms with Crippen molar-refractivity contribution in [1.29, 1.82) is 5.26 Å². The van der Waals surface area contributed by atoms with Gasteiger partial charge in [-0.25, -0.2) is 0 Å². The van der Waals surface area contributed by atoms with E-state index >= 15 is 0 Å². The predicted octanol–water partition coefficient (Wildman–Crippen LogP) is 2.94. The fraction of sp³-hybridized carbons (Fsp3) is 0.125. The highest BCUT2D eigenvalue weighted by atomic mass is 16.5. The molecule has 2 aromatic rings. The number of rotatable bonds is 3. The van der Waals surface area contributed by atoms with Gasteiger partial charge in [0.1, 0.15) is 0 Å². The summed E-state index contributed by atoms with van der Waals surface area (Å²) >= 11 is 0. The van der Waals surface area contributed by atoms with Crippen molar-refractivity contribution >= 4 is 5.97 Å². The number of nitriles is 1. The third-order valence-corrected chi connectivity index (χ3v) is 2.86. The van der Waals surface area contributed by atoms with Crippen LogP contribution >= 0.6 is 0 Å². The zero-order chi connectivity index (χ0) is 13.7. The topological polar surface area (TPSA) is 50.1 Å². The Balaban J connectivity index is 2.22. The number of esters is 1. The lowest BCUT2D eigenvalue weighted by atomic mass is 10.0. The third kappa shape index (κ3) is 3.20. The molecule has 0 N–H and O–H groups in total. The van der Waals surface area contributed by atoms with Gasteiger partial charge in [-0.15, -0.1) is 0 Å². The minimum absolute atomic E-state index is 0.251. The Morgan fingerprint density at radius 2 is 1.89 bits per heavy atom. The summed E-state index contributed by atoms with van der Waals surface area (Å²) in [4.78, 5) is 11.2. The van der Waals surface area contributed by atoms with Crippen LogP contribution < -0.4 is 0 Å². The SMILES string of the molecule is COC(=O)Cc1ccc(-c2cccc(C#N)c2)cc1. The first-order valence-corrected chi connectivity index (χ1v) is 5.89. The Hall–Kier alpha value is -2.60. The van der Waals surface area contributed by atoms with Crippen LogP contribution in [-0.2, 0) is 16.0 Å². The average molecular weight is 251 g/mol. The van der Waals surface area contributed by atoms with Crippen LogP contribution in [0.15, 0.2) is 48.5 Å². The number of ether oxygens (including phenoxy) is 1. The zero-order valence-corrected chi connectivity index (χ0v) is 10.6. The van der Waals surface area contributed by atoms with Crippen LogP contribution in [0.4, 0.5) is 0 Å². The lowest BCUT2D eigenvalue weighted by Crippen LogP contribution is -2.04. The van der Waals surface area contributed by atoms with E-state index in [1.165, 1.54) is 7.11 Å². The van der Waals surface area contributed by atoms with Crippen LogP contribution in [0.25, 0.3) is 11.1 Å². The Morgan fingerprint density at radius 3 is 2.53 bits per heavy atom. The molecule has 2 rings (SSSR count). The van der Waals surface area contributed by atoms with E-state index < -0.39 is 0 Å². The van der Waals surface area contributed by atoms with Gasteiger partial charge in [0.05, 0.1) is 25.2 Å². The van der Waals surface area contributed by atoms with Crippen LogP contribution in [-0.4, -0.2) is 13.1 Å². The monoisotopic (exact) mass is 251 g/mol. The smallest absolute Gasteiger partial charge is 0.309 e. The van der Waals surface area contributed by atoms with Gasteiger partial charge in [-0.2, -0.15) is 5.26 Å². The molecule has 94 valence electrons. The Labute approximate surface area is 112 Å². The van der Waals surface area contributed by atoms with E-state index in [1.807, 2.05) is 42.5 Å². The van der Waals surface area contributed by atoms with E-state index in [9.17, 15) is 4.79 Å². The molecule has 3 heteroatoms. The molecule has 0 aliphatic carbocycles. The van der Waals surface area contributed by atoms with Crippen molar-refractivity contribution in [3.05, 3.63) is 59.7 Å². The fourth-order valence-electron chi connectivity index (χ4n) is 1.82. The molecule has 0 aromatic heterocycles. The summed E-state index contributed by atoms with van der Waals surface area (Å²) in [6.07, 6.45) is 0.273. The van der Waals surface area contributed by atoms with Crippen molar-refractivity contribution in [3.63, 3.8) is 0 Å². The molecule has 0 radical (unpaired) electrons. The quantitative estimate of drug-likeness (QED) is 0.788. The van der Waals surface area contributed by atoms with Gasteiger partial charge >= 0.3 is 5.97 Å². The van der Waals surface area contributed by atoms with Gasteiger partial charge in [-0.1, -0.05) is 36.4 Å². The molecule has 0 unspecified atom stereocenters. The van der Waals surface area contributed by atoms with Crippen molar-refractivity contribution in [2.75, 3.05) is 7.11 Å². The first-order valence-electron chi connectivity index (χ1n) is 5.89. The van der Waals surface area contributed by atoms with Crippen molar-refractivity contribution < 1.29 is 9.53 Å². The molecule has 2 aromatic carbocycles. The average Bonchev–Trinajstić information content (AvgIpc) is 2.48. The summed E-state index contributed by atoms with van der Waals surface area (Å²) in [6.45, 7) is 0. The standard InChI is InChI=1S/C16H13NO2/c1-19-16(18)10-12-5-7-14(8-6-12)15-4-2-3-13(9-15)11-17/h2-9H,10H2,1H3. The second kappa shape index (κ2) is 5.83. The van der Waals surface area contributed by atoms with Crippen molar-refractivity contribution in [2.24, 2.45) is 0 Å².